The first-order valence-electron chi connectivity index (χ1n) is 8.02. The van der Waals surface area contributed by atoms with Gasteiger partial charge in [-0.3, -0.25) is 0 Å². The van der Waals surface area contributed by atoms with Gasteiger partial charge in [0.25, 0.3) is 5.75 Å². The molecule has 7 heteroatoms. The maximum absolute atomic E-state index is 10.8. The first-order chi connectivity index (χ1) is 11.8. The standard InChI is InChI=1S/C18H20ClNO5/c1-20-10-9-15-11-16(25-19(22,23)24)8-7-13(15)5-6-14-3-2-4-18(21)17(14)12-20/h2-4,7-8,11,21H,5-6,9-10,12H2,1H3. The molecule has 0 spiro atoms. The summed E-state index contributed by atoms with van der Waals surface area (Å²) in [6.45, 7) is 1.37. The highest BCUT2D eigenvalue weighted by atomic mass is 35.7. The molecule has 0 saturated heterocycles. The Morgan fingerprint density at radius 3 is 2.52 bits per heavy atom. The number of benzene rings is 2. The van der Waals surface area contributed by atoms with Crippen LogP contribution in [0.25, 0.3) is 0 Å². The van der Waals surface area contributed by atoms with Crippen LogP contribution in [0.2, 0.25) is 0 Å². The zero-order valence-electron chi connectivity index (χ0n) is 13.9. The van der Waals surface area contributed by atoms with Crippen molar-refractivity contribution in [3.63, 3.8) is 0 Å². The largest absolute Gasteiger partial charge is 0.508 e. The van der Waals surface area contributed by atoms with Crippen LogP contribution < -0.4 is 18.3 Å². The Morgan fingerprint density at radius 2 is 1.76 bits per heavy atom. The molecule has 6 nitrogen and oxygen atoms in total. The lowest BCUT2D eigenvalue weighted by Crippen LogP contribution is -2.63. The third-order valence-electron chi connectivity index (χ3n) is 4.46. The molecule has 25 heavy (non-hydrogen) atoms. The maximum Gasteiger partial charge on any atom is 0.288 e. The van der Waals surface area contributed by atoms with E-state index in [2.05, 4.69) is 9.19 Å². The quantitative estimate of drug-likeness (QED) is 0.765. The van der Waals surface area contributed by atoms with Gasteiger partial charge in [-0.2, -0.15) is 14.0 Å². The molecule has 0 fully saturated rings. The fourth-order valence-corrected chi connectivity index (χ4v) is 3.52. The first-order valence-corrected chi connectivity index (χ1v) is 9.26. The van der Waals surface area contributed by atoms with E-state index in [1.54, 1.807) is 18.2 Å². The van der Waals surface area contributed by atoms with Crippen molar-refractivity contribution in [1.82, 2.24) is 4.90 Å². The van der Waals surface area contributed by atoms with Gasteiger partial charge < -0.3 is 10.0 Å². The Balaban J connectivity index is 1.91. The van der Waals surface area contributed by atoms with Crippen LogP contribution in [0.1, 0.15) is 22.3 Å². The van der Waals surface area contributed by atoms with Gasteiger partial charge in [-0.1, -0.05) is 22.5 Å². The number of halogens is 1. The summed E-state index contributed by atoms with van der Waals surface area (Å²) in [4.78, 5) is 2.10. The zero-order chi connectivity index (χ0) is 18.0. The van der Waals surface area contributed by atoms with Crippen molar-refractivity contribution in [3.8, 4) is 11.5 Å². The van der Waals surface area contributed by atoms with Gasteiger partial charge in [0.2, 0.25) is 0 Å². The molecule has 3 rings (SSSR count). The molecule has 0 atom stereocenters. The van der Waals surface area contributed by atoms with E-state index in [9.17, 15) is 19.1 Å². The number of hydrogen-bond acceptors (Lipinski definition) is 6. The fraction of sp³-hybridized carbons (Fsp3) is 0.333. The lowest BCUT2D eigenvalue weighted by atomic mass is 9.94. The average Bonchev–Trinajstić information content (AvgIpc) is 2.53. The van der Waals surface area contributed by atoms with Crippen molar-refractivity contribution in [3.05, 3.63) is 58.7 Å². The van der Waals surface area contributed by atoms with Crippen LogP contribution in [0, 0.1) is 10.2 Å². The molecule has 0 aromatic heterocycles. The Labute approximate surface area is 148 Å². The van der Waals surface area contributed by atoms with Gasteiger partial charge in [-0.05, 0) is 55.1 Å². The van der Waals surface area contributed by atoms with Gasteiger partial charge in [0, 0.05) is 24.7 Å². The molecule has 1 aliphatic rings. The van der Waals surface area contributed by atoms with Gasteiger partial charge in [0.1, 0.15) is 16.0 Å². The molecule has 1 N–H and O–H groups in total. The van der Waals surface area contributed by atoms with Gasteiger partial charge in [-0.25, -0.2) is 0 Å². The predicted molar refractivity (Wildman–Crippen MR) is 82.6 cm³/mol. The molecule has 0 amide bonds. The summed E-state index contributed by atoms with van der Waals surface area (Å²) in [6.07, 6.45) is 2.22. The van der Waals surface area contributed by atoms with Gasteiger partial charge >= 0.3 is 0 Å². The number of rotatable bonds is 2. The Bertz CT molecular complexity index is 760. The number of nitrogens with zero attached hydrogens (tertiary/aromatic N) is 1. The molecular weight excluding hydrogens is 346 g/mol. The molecule has 1 heterocycles. The van der Waals surface area contributed by atoms with E-state index in [1.807, 2.05) is 19.2 Å². The number of hydrogen-bond donors (Lipinski definition) is 1. The molecule has 2 aromatic rings. The predicted octanol–water partition coefficient (Wildman–Crippen LogP) is -0.559. The number of phenols is 1. The van der Waals surface area contributed by atoms with E-state index in [1.165, 1.54) is 6.07 Å². The Kier molecular flexibility index (Phi) is 5.17. The second-order valence-electron chi connectivity index (χ2n) is 6.29. The summed E-state index contributed by atoms with van der Waals surface area (Å²) in [6, 6.07) is 10.5. The minimum absolute atomic E-state index is 0.0353. The van der Waals surface area contributed by atoms with Gasteiger partial charge in [0.05, 0.1) is 0 Å². The average molecular weight is 366 g/mol. The SMILES string of the molecule is CN1CCc2cc(O[Cl+3]([O-])([O-])[O-])ccc2CCc2cccc(O)c2C1. The van der Waals surface area contributed by atoms with Crippen molar-refractivity contribution in [1.29, 1.82) is 0 Å². The van der Waals surface area contributed by atoms with E-state index in [0.29, 0.717) is 18.7 Å². The highest BCUT2D eigenvalue weighted by Crippen LogP contribution is 2.27. The van der Waals surface area contributed by atoms with Crippen LogP contribution in [0.4, 0.5) is 0 Å². The number of likely N-dealkylation sites (N-methyl/N-ethyl adjacent to an activating group) is 1. The van der Waals surface area contributed by atoms with E-state index in [4.69, 9.17) is 0 Å². The van der Waals surface area contributed by atoms with Crippen LogP contribution in [0.3, 0.4) is 0 Å². The highest BCUT2D eigenvalue weighted by Gasteiger charge is 2.21. The highest BCUT2D eigenvalue weighted by molar-refractivity contribution is 5.41. The summed E-state index contributed by atoms with van der Waals surface area (Å²) in [5.41, 5.74) is 4.09. The minimum atomic E-state index is -4.50. The third-order valence-corrected chi connectivity index (χ3v) is 4.83. The van der Waals surface area contributed by atoms with E-state index in [0.717, 1.165) is 41.6 Å². The van der Waals surface area contributed by atoms with Gasteiger partial charge in [0.15, 0.2) is 0 Å². The van der Waals surface area contributed by atoms with Crippen LogP contribution in [-0.4, -0.2) is 23.6 Å². The number of fused-ring (bicyclic) bond motifs is 2. The lowest BCUT2D eigenvalue weighted by molar-refractivity contribution is -1.91. The molecule has 134 valence electrons. The number of aryl methyl sites for hydroxylation is 2. The van der Waals surface area contributed by atoms with E-state index >= 15 is 0 Å². The first kappa shape index (κ1) is 18.0. The minimum Gasteiger partial charge on any atom is -0.508 e. The van der Waals surface area contributed by atoms with Crippen molar-refractivity contribution >= 4 is 0 Å². The summed E-state index contributed by atoms with van der Waals surface area (Å²) in [5.74, 6) is 0.349. The summed E-state index contributed by atoms with van der Waals surface area (Å²) < 4.78 is 36.8. The molecule has 0 saturated carbocycles. The number of aromatic hydroxyl groups is 1. The second kappa shape index (κ2) is 7.19. The third kappa shape index (κ3) is 4.62. The zero-order valence-corrected chi connectivity index (χ0v) is 14.7. The summed E-state index contributed by atoms with van der Waals surface area (Å²) >= 11 is 0. The Morgan fingerprint density at radius 1 is 1.00 bits per heavy atom. The van der Waals surface area contributed by atoms with Crippen LogP contribution >= 0.6 is 0 Å². The lowest BCUT2D eigenvalue weighted by Gasteiger charge is -2.23. The normalized spacial score (nSPS) is 16.0. The maximum atomic E-state index is 10.8. The van der Waals surface area contributed by atoms with Gasteiger partial charge in [-0.15, -0.1) is 0 Å². The number of phenolic OH excluding ortho intramolecular Hbond substituents is 1. The fourth-order valence-electron chi connectivity index (χ4n) is 3.20. The van der Waals surface area contributed by atoms with E-state index in [-0.39, 0.29) is 5.75 Å². The topological polar surface area (TPSA) is 102 Å². The summed E-state index contributed by atoms with van der Waals surface area (Å²) in [5, 5.41) is 10.2. The molecule has 0 bridgehead atoms. The monoisotopic (exact) mass is 365 g/mol. The molecule has 0 radical (unpaired) electrons. The van der Waals surface area contributed by atoms with Crippen molar-refractivity contribution in [2.24, 2.45) is 0 Å². The molecule has 0 aliphatic carbocycles. The molecular formula is C18H20ClNO5. The van der Waals surface area contributed by atoms with Crippen LogP contribution in [-0.2, 0) is 25.8 Å². The van der Waals surface area contributed by atoms with Crippen molar-refractivity contribution in [2.45, 2.75) is 25.8 Å². The summed E-state index contributed by atoms with van der Waals surface area (Å²) in [7, 11) is -2.52. The smallest absolute Gasteiger partial charge is 0.288 e. The molecule has 0 unspecified atom stereocenters. The van der Waals surface area contributed by atoms with Crippen molar-refractivity contribution in [2.75, 3.05) is 13.6 Å². The van der Waals surface area contributed by atoms with E-state index < -0.39 is 10.2 Å². The Hall–Kier alpha value is -1.83. The molecule has 2 aromatic carbocycles. The second-order valence-corrected chi connectivity index (χ2v) is 7.20. The van der Waals surface area contributed by atoms with Crippen LogP contribution in [0.5, 0.6) is 11.5 Å². The van der Waals surface area contributed by atoms with Crippen LogP contribution in [0.15, 0.2) is 36.4 Å². The van der Waals surface area contributed by atoms with Crippen molar-refractivity contribution < 1.29 is 33.6 Å². The molecule has 1 aliphatic heterocycles.